The van der Waals surface area contributed by atoms with Crippen molar-refractivity contribution in [3.05, 3.63) is 86.6 Å². The molecule has 0 unspecified atom stereocenters. The standard InChI is InChI=1S/C18H24N2.2CH3.Zn/c1-15(17-9-5-3-6-10-17)19-13-14-20-16(2)18-11-7-4-8-12-18;;;/h3-12,15-16,19-20H,13-14H2,1-2H3;2*1H3;/q;2*-1;+2/t15-,16-;;;/m0.../s1. The van der Waals surface area contributed by atoms with Gasteiger partial charge in [0.2, 0.25) is 0 Å². The normalized spacial score (nSPS) is 12.1. The Morgan fingerprint density at radius 1 is 0.652 bits per heavy atom. The van der Waals surface area contributed by atoms with Gasteiger partial charge in [-0.25, -0.2) is 0 Å². The van der Waals surface area contributed by atoms with Crippen molar-refractivity contribution in [2.75, 3.05) is 13.1 Å². The van der Waals surface area contributed by atoms with Crippen molar-refractivity contribution >= 4 is 0 Å². The van der Waals surface area contributed by atoms with Crippen molar-refractivity contribution in [2.45, 2.75) is 25.9 Å². The summed E-state index contributed by atoms with van der Waals surface area (Å²) >= 11 is 0. The van der Waals surface area contributed by atoms with Crippen molar-refractivity contribution < 1.29 is 19.5 Å². The van der Waals surface area contributed by atoms with E-state index in [1.807, 2.05) is 0 Å². The Hall–Kier alpha value is -1.02. The van der Waals surface area contributed by atoms with Gasteiger partial charge in [0.15, 0.2) is 0 Å². The van der Waals surface area contributed by atoms with Crippen molar-refractivity contribution in [1.29, 1.82) is 0 Å². The van der Waals surface area contributed by atoms with Gasteiger partial charge in [0, 0.05) is 25.2 Å². The third kappa shape index (κ3) is 8.41. The van der Waals surface area contributed by atoms with Gasteiger partial charge in [-0.15, -0.1) is 0 Å². The summed E-state index contributed by atoms with van der Waals surface area (Å²) in [5.41, 5.74) is 2.67. The zero-order chi connectivity index (χ0) is 14.2. The summed E-state index contributed by atoms with van der Waals surface area (Å²) < 4.78 is 0. The minimum absolute atomic E-state index is 0. The van der Waals surface area contributed by atoms with E-state index in [1.165, 1.54) is 11.1 Å². The van der Waals surface area contributed by atoms with Crippen molar-refractivity contribution in [3.63, 3.8) is 0 Å². The van der Waals surface area contributed by atoms with Crippen LogP contribution in [0.25, 0.3) is 0 Å². The van der Waals surface area contributed by atoms with Crippen LogP contribution in [0.1, 0.15) is 37.1 Å². The van der Waals surface area contributed by atoms with Crippen LogP contribution in [0.3, 0.4) is 0 Å². The van der Waals surface area contributed by atoms with Gasteiger partial charge >= 0.3 is 19.5 Å². The van der Waals surface area contributed by atoms with Crippen LogP contribution in [0.5, 0.6) is 0 Å². The molecule has 23 heavy (non-hydrogen) atoms. The molecule has 0 aliphatic rings. The van der Waals surface area contributed by atoms with E-state index < -0.39 is 0 Å². The fourth-order valence-electron chi connectivity index (χ4n) is 2.30. The second-order valence-electron chi connectivity index (χ2n) is 5.17. The Bertz CT molecular complexity index is 440. The Balaban J connectivity index is 0. The summed E-state index contributed by atoms with van der Waals surface area (Å²) in [4.78, 5) is 0. The molecule has 0 saturated heterocycles. The summed E-state index contributed by atoms with van der Waals surface area (Å²) in [6.45, 7) is 6.34. The summed E-state index contributed by atoms with van der Waals surface area (Å²) in [5, 5.41) is 7.09. The molecular formula is C20H30N2Zn. The molecule has 2 atom stereocenters. The molecule has 0 aliphatic heterocycles. The molecule has 0 bridgehead atoms. The molecule has 2 N–H and O–H groups in total. The van der Waals surface area contributed by atoms with Gasteiger partial charge < -0.3 is 25.5 Å². The zero-order valence-corrected chi connectivity index (χ0v) is 18.0. The molecule has 0 amide bonds. The molecule has 0 fully saturated rings. The molecule has 2 aromatic rings. The molecule has 0 saturated carbocycles. The summed E-state index contributed by atoms with van der Waals surface area (Å²) in [6, 6.07) is 21.9. The Kier molecular flexibility index (Phi) is 14.1. The van der Waals surface area contributed by atoms with E-state index in [1.54, 1.807) is 0 Å². The number of benzene rings is 2. The SMILES string of the molecule is C[C@H](NCCN[C@@H](C)c1ccccc1)c1ccccc1.[CH3-].[CH3-].[Zn+2]. The van der Waals surface area contributed by atoms with Crippen LogP contribution in [-0.4, -0.2) is 13.1 Å². The first-order valence-electron chi connectivity index (χ1n) is 7.34. The van der Waals surface area contributed by atoms with Crippen LogP contribution in [0, 0.1) is 14.9 Å². The quantitative estimate of drug-likeness (QED) is 0.427. The van der Waals surface area contributed by atoms with E-state index in [2.05, 4.69) is 85.1 Å². The van der Waals surface area contributed by atoms with E-state index in [0.29, 0.717) is 12.1 Å². The summed E-state index contributed by atoms with van der Waals surface area (Å²) in [6.07, 6.45) is 0. The van der Waals surface area contributed by atoms with Crippen molar-refractivity contribution in [2.24, 2.45) is 0 Å². The second kappa shape index (κ2) is 13.4. The molecule has 2 aromatic carbocycles. The predicted molar refractivity (Wildman–Crippen MR) is 98.5 cm³/mol. The number of hydrogen-bond donors (Lipinski definition) is 2. The number of hydrogen-bond acceptors (Lipinski definition) is 2. The van der Waals surface area contributed by atoms with Gasteiger partial charge in [0.05, 0.1) is 0 Å². The zero-order valence-electron chi connectivity index (χ0n) is 15.0. The van der Waals surface area contributed by atoms with E-state index in [9.17, 15) is 0 Å². The number of nitrogens with one attached hydrogen (secondary N) is 2. The Labute approximate surface area is 155 Å². The van der Waals surface area contributed by atoms with Crippen LogP contribution in [0.4, 0.5) is 0 Å². The minimum atomic E-state index is 0. The molecule has 0 spiro atoms. The van der Waals surface area contributed by atoms with Crippen molar-refractivity contribution in [3.8, 4) is 0 Å². The van der Waals surface area contributed by atoms with Gasteiger partial charge in [-0.05, 0) is 25.0 Å². The topological polar surface area (TPSA) is 24.1 Å². The Morgan fingerprint density at radius 2 is 0.957 bits per heavy atom. The fourth-order valence-corrected chi connectivity index (χ4v) is 2.30. The number of rotatable bonds is 7. The van der Waals surface area contributed by atoms with Crippen LogP contribution < -0.4 is 10.6 Å². The first kappa shape index (κ1) is 24.2. The van der Waals surface area contributed by atoms with Crippen LogP contribution in [0.15, 0.2) is 60.7 Å². The molecule has 2 nitrogen and oxygen atoms in total. The second-order valence-corrected chi connectivity index (χ2v) is 5.17. The van der Waals surface area contributed by atoms with Gasteiger partial charge in [-0.3, -0.25) is 0 Å². The maximum Gasteiger partial charge on any atom is 2.00 e. The molecule has 122 valence electrons. The van der Waals surface area contributed by atoms with Gasteiger partial charge in [-0.2, -0.15) is 0 Å². The molecule has 0 heterocycles. The first-order valence-corrected chi connectivity index (χ1v) is 7.34. The monoisotopic (exact) mass is 362 g/mol. The van der Waals surface area contributed by atoms with Gasteiger partial charge in [0.1, 0.15) is 0 Å². The third-order valence-corrected chi connectivity index (χ3v) is 3.63. The largest absolute Gasteiger partial charge is 2.00 e. The van der Waals surface area contributed by atoms with Crippen LogP contribution in [0.2, 0.25) is 0 Å². The maximum atomic E-state index is 3.54. The summed E-state index contributed by atoms with van der Waals surface area (Å²) in [5.74, 6) is 0. The van der Waals surface area contributed by atoms with Crippen LogP contribution in [-0.2, 0) is 19.5 Å². The van der Waals surface area contributed by atoms with Crippen molar-refractivity contribution in [1.82, 2.24) is 10.6 Å². The molecule has 3 heteroatoms. The van der Waals surface area contributed by atoms with E-state index >= 15 is 0 Å². The maximum absolute atomic E-state index is 3.54. The van der Waals surface area contributed by atoms with Gasteiger partial charge in [0.25, 0.3) is 0 Å². The molecule has 0 radical (unpaired) electrons. The molecule has 0 aromatic heterocycles. The molecule has 0 aliphatic carbocycles. The average Bonchev–Trinajstić information content (AvgIpc) is 2.53. The smallest absolute Gasteiger partial charge is 0.358 e. The van der Waals surface area contributed by atoms with Gasteiger partial charge in [-0.1, -0.05) is 60.7 Å². The molecule has 2 rings (SSSR count). The Morgan fingerprint density at radius 3 is 1.26 bits per heavy atom. The summed E-state index contributed by atoms with van der Waals surface area (Å²) in [7, 11) is 0. The first-order chi connectivity index (χ1) is 9.77. The van der Waals surface area contributed by atoms with E-state index in [0.717, 1.165) is 13.1 Å². The minimum Gasteiger partial charge on any atom is -0.358 e. The predicted octanol–water partition coefficient (Wildman–Crippen LogP) is 4.59. The van der Waals surface area contributed by atoms with Crippen LogP contribution >= 0.6 is 0 Å². The fraction of sp³-hybridized carbons (Fsp3) is 0.300. The third-order valence-electron chi connectivity index (χ3n) is 3.63. The van der Waals surface area contributed by atoms with E-state index in [4.69, 9.17) is 0 Å². The molecular weight excluding hydrogens is 334 g/mol. The average molecular weight is 364 g/mol. The van der Waals surface area contributed by atoms with E-state index in [-0.39, 0.29) is 34.3 Å².